The minimum atomic E-state index is -0.837. The smallest absolute Gasteiger partial charge is 0.320 e. The highest BCUT2D eigenvalue weighted by atomic mass is 16.4. The minimum Gasteiger partial charge on any atom is -0.480 e. The highest BCUT2D eigenvalue weighted by Gasteiger charge is 2.19. The molecule has 5 heteroatoms. The molecular formula is C16H34N2O3. The van der Waals surface area contributed by atoms with Gasteiger partial charge in [0, 0.05) is 19.6 Å². The van der Waals surface area contributed by atoms with Crippen LogP contribution in [0.5, 0.6) is 0 Å². The lowest BCUT2D eigenvalue weighted by Gasteiger charge is -2.25. The molecule has 5 nitrogen and oxygen atoms in total. The fourth-order valence-corrected chi connectivity index (χ4v) is 2.34. The topological polar surface area (TPSA) is 72.8 Å². The van der Waals surface area contributed by atoms with Crippen molar-refractivity contribution in [2.75, 3.05) is 32.8 Å². The van der Waals surface area contributed by atoms with Gasteiger partial charge in [-0.05, 0) is 19.9 Å². The molecule has 0 radical (unpaired) electrons. The van der Waals surface area contributed by atoms with E-state index in [9.17, 15) is 4.79 Å². The van der Waals surface area contributed by atoms with Gasteiger partial charge in [0.2, 0.25) is 0 Å². The lowest BCUT2D eigenvalue weighted by Crippen LogP contribution is -2.44. The van der Waals surface area contributed by atoms with Crippen molar-refractivity contribution in [3.63, 3.8) is 0 Å². The van der Waals surface area contributed by atoms with Gasteiger partial charge in [0.1, 0.15) is 6.04 Å². The number of aliphatic hydroxyl groups excluding tert-OH is 1. The minimum absolute atomic E-state index is 0.00458. The molecule has 0 spiro atoms. The predicted molar refractivity (Wildman–Crippen MR) is 86.6 cm³/mol. The summed E-state index contributed by atoms with van der Waals surface area (Å²) in [6, 6.07) is -0.544. The van der Waals surface area contributed by atoms with E-state index in [1.807, 2.05) is 0 Å². The van der Waals surface area contributed by atoms with Gasteiger partial charge in [0.15, 0.2) is 0 Å². The zero-order chi connectivity index (χ0) is 15.9. The van der Waals surface area contributed by atoms with Crippen LogP contribution in [-0.4, -0.2) is 59.9 Å². The summed E-state index contributed by atoms with van der Waals surface area (Å²) in [7, 11) is 0. The van der Waals surface area contributed by atoms with Gasteiger partial charge in [0.25, 0.3) is 0 Å². The summed E-state index contributed by atoms with van der Waals surface area (Å²) in [4.78, 5) is 12.7. The lowest BCUT2D eigenvalue weighted by molar-refractivity contribution is -0.142. The number of nitrogens with zero attached hydrogens (tertiary/aromatic N) is 1. The number of aliphatic hydroxyl groups is 1. The highest BCUT2D eigenvalue weighted by molar-refractivity contribution is 5.72. The van der Waals surface area contributed by atoms with Crippen LogP contribution >= 0.6 is 0 Å². The Morgan fingerprint density at radius 3 is 2.24 bits per heavy atom. The fraction of sp³-hybridized carbons (Fsp3) is 0.938. The molecule has 0 aliphatic heterocycles. The molecule has 126 valence electrons. The Labute approximate surface area is 129 Å². The zero-order valence-corrected chi connectivity index (χ0v) is 13.8. The second-order valence-corrected chi connectivity index (χ2v) is 5.65. The standard InChI is InChI=1S/C16H34N2O3/c1-3-4-5-6-7-8-9-10-17-11-12-18(13-14-19)15(2)16(20)21/h15,17,19H,3-14H2,1-2H3,(H,20,21). The fourth-order valence-electron chi connectivity index (χ4n) is 2.34. The number of aliphatic carboxylic acids is 1. The molecular weight excluding hydrogens is 268 g/mol. The summed E-state index contributed by atoms with van der Waals surface area (Å²) in [5.74, 6) is -0.837. The Bertz CT molecular complexity index is 250. The Morgan fingerprint density at radius 1 is 1.05 bits per heavy atom. The SMILES string of the molecule is CCCCCCCCCNCCN(CCO)C(C)C(=O)O. The number of hydrogen-bond acceptors (Lipinski definition) is 4. The molecule has 0 aromatic heterocycles. The van der Waals surface area contributed by atoms with Gasteiger partial charge in [-0.2, -0.15) is 0 Å². The van der Waals surface area contributed by atoms with Crippen molar-refractivity contribution in [2.45, 2.75) is 64.8 Å². The van der Waals surface area contributed by atoms with Crippen molar-refractivity contribution in [2.24, 2.45) is 0 Å². The predicted octanol–water partition coefficient (Wildman–Crippen LogP) is 2.09. The first-order valence-electron chi connectivity index (χ1n) is 8.41. The molecule has 3 N–H and O–H groups in total. The van der Waals surface area contributed by atoms with Gasteiger partial charge in [-0.15, -0.1) is 0 Å². The van der Waals surface area contributed by atoms with Crippen LogP contribution in [0.25, 0.3) is 0 Å². The Hall–Kier alpha value is -0.650. The number of unbranched alkanes of at least 4 members (excludes halogenated alkanes) is 6. The number of carboxylic acid groups (broad SMARTS) is 1. The van der Waals surface area contributed by atoms with E-state index in [2.05, 4.69) is 12.2 Å². The van der Waals surface area contributed by atoms with Crippen molar-refractivity contribution < 1.29 is 15.0 Å². The molecule has 0 heterocycles. The van der Waals surface area contributed by atoms with Gasteiger partial charge >= 0.3 is 5.97 Å². The molecule has 0 aliphatic rings. The molecule has 0 aromatic carbocycles. The van der Waals surface area contributed by atoms with Crippen LogP contribution in [0, 0.1) is 0 Å². The average molecular weight is 302 g/mol. The largest absolute Gasteiger partial charge is 0.480 e. The molecule has 0 bridgehead atoms. The summed E-state index contributed by atoms with van der Waals surface area (Å²) < 4.78 is 0. The summed E-state index contributed by atoms with van der Waals surface area (Å²) in [5.41, 5.74) is 0. The number of nitrogens with one attached hydrogen (secondary N) is 1. The van der Waals surface area contributed by atoms with Crippen molar-refractivity contribution >= 4 is 5.97 Å². The molecule has 0 amide bonds. The Balaban J connectivity index is 3.52. The molecule has 0 aromatic rings. The Morgan fingerprint density at radius 2 is 1.67 bits per heavy atom. The quantitative estimate of drug-likeness (QED) is 0.404. The highest BCUT2D eigenvalue weighted by Crippen LogP contribution is 2.06. The first-order valence-corrected chi connectivity index (χ1v) is 8.41. The third-order valence-electron chi connectivity index (χ3n) is 3.83. The maximum Gasteiger partial charge on any atom is 0.320 e. The molecule has 1 unspecified atom stereocenters. The second-order valence-electron chi connectivity index (χ2n) is 5.65. The second kappa shape index (κ2) is 14.3. The normalized spacial score (nSPS) is 12.8. The monoisotopic (exact) mass is 302 g/mol. The van der Waals surface area contributed by atoms with Gasteiger partial charge in [-0.3, -0.25) is 9.69 Å². The van der Waals surface area contributed by atoms with E-state index in [0.717, 1.165) is 13.1 Å². The number of carboxylic acids is 1. The Kier molecular flexibility index (Phi) is 13.9. The van der Waals surface area contributed by atoms with Crippen LogP contribution in [0.2, 0.25) is 0 Å². The van der Waals surface area contributed by atoms with Crippen molar-refractivity contribution in [1.29, 1.82) is 0 Å². The summed E-state index contributed by atoms with van der Waals surface area (Å²) in [6.07, 6.45) is 9.10. The number of hydrogen-bond donors (Lipinski definition) is 3. The van der Waals surface area contributed by atoms with Crippen LogP contribution in [0.3, 0.4) is 0 Å². The van der Waals surface area contributed by atoms with Gasteiger partial charge in [-0.1, -0.05) is 45.4 Å². The van der Waals surface area contributed by atoms with E-state index in [1.54, 1.807) is 11.8 Å². The molecule has 1 atom stereocenters. The molecule has 0 saturated heterocycles. The van der Waals surface area contributed by atoms with Crippen molar-refractivity contribution in [3.05, 3.63) is 0 Å². The third-order valence-corrected chi connectivity index (χ3v) is 3.83. The third kappa shape index (κ3) is 11.7. The van der Waals surface area contributed by atoms with E-state index in [-0.39, 0.29) is 6.61 Å². The van der Waals surface area contributed by atoms with Gasteiger partial charge in [-0.25, -0.2) is 0 Å². The molecule has 0 rings (SSSR count). The maximum atomic E-state index is 11.0. The first kappa shape index (κ1) is 20.3. The van der Waals surface area contributed by atoms with E-state index in [0.29, 0.717) is 13.1 Å². The van der Waals surface area contributed by atoms with Crippen LogP contribution in [0.4, 0.5) is 0 Å². The van der Waals surface area contributed by atoms with E-state index < -0.39 is 12.0 Å². The number of carbonyl (C=O) groups is 1. The van der Waals surface area contributed by atoms with E-state index in [4.69, 9.17) is 10.2 Å². The van der Waals surface area contributed by atoms with Crippen molar-refractivity contribution in [1.82, 2.24) is 10.2 Å². The zero-order valence-electron chi connectivity index (χ0n) is 13.8. The molecule has 0 saturated carbocycles. The van der Waals surface area contributed by atoms with Gasteiger partial charge < -0.3 is 15.5 Å². The van der Waals surface area contributed by atoms with Crippen LogP contribution < -0.4 is 5.32 Å². The summed E-state index contributed by atoms with van der Waals surface area (Å²) in [6.45, 7) is 6.71. The number of rotatable bonds is 15. The van der Waals surface area contributed by atoms with Crippen LogP contribution in [0.15, 0.2) is 0 Å². The van der Waals surface area contributed by atoms with E-state index in [1.165, 1.54) is 44.9 Å². The summed E-state index contributed by atoms with van der Waals surface area (Å²) >= 11 is 0. The first-order chi connectivity index (χ1) is 10.1. The summed E-state index contributed by atoms with van der Waals surface area (Å²) in [5, 5.41) is 21.3. The van der Waals surface area contributed by atoms with Crippen LogP contribution in [0.1, 0.15) is 58.8 Å². The van der Waals surface area contributed by atoms with Gasteiger partial charge in [0.05, 0.1) is 6.61 Å². The lowest BCUT2D eigenvalue weighted by atomic mass is 10.1. The average Bonchev–Trinajstić information content (AvgIpc) is 2.47. The molecule has 0 aliphatic carbocycles. The molecule has 0 fully saturated rings. The van der Waals surface area contributed by atoms with Crippen LogP contribution in [-0.2, 0) is 4.79 Å². The van der Waals surface area contributed by atoms with E-state index >= 15 is 0 Å². The maximum absolute atomic E-state index is 11.0. The van der Waals surface area contributed by atoms with Crippen molar-refractivity contribution in [3.8, 4) is 0 Å². The molecule has 21 heavy (non-hydrogen) atoms.